The maximum absolute atomic E-state index is 12.2. The second kappa shape index (κ2) is 7.66. The number of aromatic nitrogens is 1. The first-order chi connectivity index (χ1) is 13.6. The lowest BCUT2D eigenvalue weighted by atomic mass is 10.3. The maximum atomic E-state index is 12.2. The number of carbonyl (C=O) groups excluding carboxylic acids is 2. The van der Waals surface area contributed by atoms with Crippen molar-refractivity contribution in [2.45, 2.75) is 0 Å². The number of rotatable bonds is 5. The van der Waals surface area contributed by atoms with Crippen molar-refractivity contribution in [3.05, 3.63) is 72.5 Å². The average molecular weight is 392 g/mol. The van der Waals surface area contributed by atoms with Crippen LogP contribution in [0.3, 0.4) is 0 Å². The van der Waals surface area contributed by atoms with E-state index in [2.05, 4.69) is 4.98 Å². The van der Waals surface area contributed by atoms with Crippen LogP contribution in [0.5, 0.6) is 0 Å². The number of fused-ring (bicyclic) bond motifs is 1. The minimum Gasteiger partial charge on any atom is -0.450 e. The standard InChI is InChI=1S/C21H16N2O4S/c1-23(14-7-3-2-4-8-14)19(24)13-26-21(25)17-12-11-16(27-17)20-22-15-9-5-6-10-18(15)28-20/h2-12H,13H2,1H3. The molecule has 0 bridgehead atoms. The fourth-order valence-electron chi connectivity index (χ4n) is 2.63. The number of nitrogens with zero attached hydrogens (tertiary/aromatic N) is 2. The van der Waals surface area contributed by atoms with Crippen LogP contribution in [0.4, 0.5) is 5.69 Å². The normalized spacial score (nSPS) is 10.8. The third-order valence-electron chi connectivity index (χ3n) is 4.16. The van der Waals surface area contributed by atoms with Crippen LogP contribution in [0.1, 0.15) is 10.6 Å². The van der Waals surface area contributed by atoms with Gasteiger partial charge in [-0.3, -0.25) is 4.79 Å². The first kappa shape index (κ1) is 17.9. The number of para-hydroxylation sites is 2. The molecule has 2 aromatic carbocycles. The number of furan rings is 1. The van der Waals surface area contributed by atoms with Gasteiger partial charge >= 0.3 is 5.97 Å². The van der Waals surface area contributed by atoms with Crippen LogP contribution in [0.25, 0.3) is 21.0 Å². The number of carbonyl (C=O) groups is 2. The highest BCUT2D eigenvalue weighted by atomic mass is 32.1. The van der Waals surface area contributed by atoms with Crippen LogP contribution in [0, 0.1) is 0 Å². The van der Waals surface area contributed by atoms with Gasteiger partial charge in [-0.25, -0.2) is 9.78 Å². The maximum Gasteiger partial charge on any atom is 0.374 e. The van der Waals surface area contributed by atoms with Crippen molar-refractivity contribution in [3.8, 4) is 10.8 Å². The largest absolute Gasteiger partial charge is 0.450 e. The number of benzene rings is 2. The molecule has 0 spiro atoms. The second-order valence-electron chi connectivity index (χ2n) is 6.02. The lowest BCUT2D eigenvalue weighted by Crippen LogP contribution is -2.31. The number of anilines is 1. The van der Waals surface area contributed by atoms with Crippen molar-refractivity contribution in [1.29, 1.82) is 0 Å². The minimum atomic E-state index is -0.692. The molecule has 0 saturated carbocycles. The molecule has 1 amide bonds. The van der Waals surface area contributed by atoms with Crippen molar-refractivity contribution < 1.29 is 18.7 Å². The number of likely N-dealkylation sites (N-methyl/N-ethyl adjacent to an activating group) is 1. The molecule has 0 saturated heterocycles. The summed E-state index contributed by atoms with van der Waals surface area (Å²) in [5.74, 6) is -0.509. The van der Waals surface area contributed by atoms with Crippen molar-refractivity contribution in [1.82, 2.24) is 4.98 Å². The van der Waals surface area contributed by atoms with Crippen molar-refractivity contribution >= 4 is 39.1 Å². The quantitative estimate of drug-likeness (QED) is 0.472. The Labute approximate surface area is 165 Å². The number of hydrogen-bond acceptors (Lipinski definition) is 6. The number of thiazole rings is 1. The Kier molecular flexibility index (Phi) is 4.90. The fourth-order valence-corrected chi connectivity index (χ4v) is 3.56. The van der Waals surface area contributed by atoms with Gasteiger partial charge in [0.25, 0.3) is 5.91 Å². The van der Waals surface area contributed by atoms with E-state index in [-0.39, 0.29) is 18.3 Å². The molecular formula is C21H16N2O4S. The summed E-state index contributed by atoms with van der Waals surface area (Å²) in [4.78, 5) is 30.4. The van der Waals surface area contributed by atoms with Gasteiger partial charge < -0.3 is 14.1 Å². The summed E-state index contributed by atoms with van der Waals surface area (Å²) in [5, 5.41) is 0.681. The van der Waals surface area contributed by atoms with E-state index in [1.807, 2.05) is 42.5 Å². The molecule has 0 fully saturated rings. The number of hydrogen-bond donors (Lipinski definition) is 0. The predicted octanol–water partition coefficient (Wildman–Crippen LogP) is 4.38. The van der Waals surface area contributed by atoms with E-state index in [9.17, 15) is 9.59 Å². The molecule has 140 valence electrons. The molecule has 0 radical (unpaired) electrons. The van der Waals surface area contributed by atoms with E-state index in [4.69, 9.17) is 9.15 Å². The van der Waals surface area contributed by atoms with Crippen LogP contribution in [0.2, 0.25) is 0 Å². The van der Waals surface area contributed by atoms with Gasteiger partial charge in [-0.2, -0.15) is 0 Å². The zero-order chi connectivity index (χ0) is 19.5. The highest BCUT2D eigenvalue weighted by Gasteiger charge is 2.19. The molecule has 0 N–H and O–H groups in total. The number of esters is 1. The Morgan fingerprint density at radius 2 is 1.79 bits per heavy atom. The van der Waals surface area contributed by atoms with Gasteiger partial charge in [0.05, 0.1) is 10.2 Å². The molecule has 28 heavy (non-hydrogen) atoms. The second-order valence-corrected chi connectivity index (χ2v) is 7.05. The molecule has 2 aromatic heterocycles. The predicted molar refractivity (Wildman–Crippen MR) is 107 cm³/mol. The highest BCUT2D eigenvalue weighted by Crippen LogP contribution is 2.31. The van der Waals surface area contributed by atoms with Crippen LogP contribution < -0.4 is 4.90 Å². The molecule has 0 aliphatic carbocycles. The summed E-state index contributed by atoms with van der Waals surface area (Å²) >= 11 is 1.48. The van der Waals surface area contributed by atoms with E-state index >= 15 is 0 Å². The van der Waals surface area contributed by atoms with Gasteiger partial charge in [-0.1, -0.05) is 30.3 Å². The van der Waals surface area contributed by atoms with Crippen LogP contribution in [-0.2, 0) is 9.53 Å². The molecule has 7 heteroatoms. The van der Waals surface area contributed by atoms with Crippen molar-refractivity contribution in [3.63, 3.8) is 0 Å². The van der Waals surface area contributed by atoms with Crippen molar-refractivity contribution in [2.24, 2.45) is 0 Å². The summed E-state index contributed by atoms with van der Waals surface area (Å²) in [5.41, 5.74) is 1.59. The summed E-state index contributed by atoms with van der Waals surface area (Å²) in [6, 6.07) is 20.1. The van der Waals surface area contributed by atoms with E-state index in [0.717, 1.165) is 15.9 Å². The summed E-state index contributed by atoms with van der Waals surface area (Å²) in [6.45, 7) is -0.374. The van der Waals surface area contributed by atoms with Gasteiger partial charge in [0.15, 0.2) is 17.4 Å². The van der Waals surface area contributed by atoms with Crippen LogP contribution >= 0.6 is 11.3 Å². The smallest absolute Gasteiger partial charge is 0.374 e. The minimum absolute atomic E-state index is 0.0319. The molecule has 0 unspecified atom stereocenters. The molecule has 0 aliphatic rings. The molecule has 4 rings (SSSR count). The molecule has 2 heterocycles. The Morgan fingerprint density at radius 1 is 1.04 bits per heavy atom. The Morgan fingerprint density at radius 3 is 2.57 bits per heavy atom. The first-order valence-corrected chi connectivity index (χ1v) is 9.38. The summed E-state index contributed by atoms with van der Waals surface area (Å²) in [6.07, 6.45) is 0. The fraction of sp³-hybridized carbons (Fsp3) is 0.0952. The van der Waals surface area contributed by atoms with E-state index in [1.165, 1.54) is 22.3 Å². The number of amides is 1. The zero-order valence-corrected chi connectivity index (χ0v) is 15.8. The van der Waals surface area contributed by atoms with Gasteiger partial charge in [-0.15, -0.1) is 11.3 Å². The van der Waals surface area contributed by atoms with E-state index in [1.54, 1.807) is 25.2 Å². The van der Waals surface area contributed by atoms with Gasteiger partial charge in [0, 0.05) is 12.7 Å². The molecule has 0 aliphatic heterocycles. The lowest BCUT2D eigenvalue weighted by molar-refractivity contribution is -0.121. The van der Waals surface area contributed by atoms with E-state index < -0.39 is 5.97 Å². The third kappa shape index (κ3) is 3.65. The van der Waals surface area contributed by atoms with Gasteiger partial charge in [-0.05, 0) is 36.4 Å². The summed E-state index contributed by atoms with van der Waals surface area (Å²) in [7, 11) is 1.63. The Bertz CT molecular complexity index is 1100. The SMILES string of the molecule is CN(C(=O)COC(=O)c1ccc(-c2nc3ccccc3s2)o1)c1ccccc1. The zero-order valence-electron chi connectivity index (χ0n) is 15.0. The first-order valence-electron chi connectivity index (χ1n) is 8.56. The third-order valence-corrected chi connectivity index (χ3v) is 5.21. The van der Waals surface area contributed by atoms with Crippen molar-refractivity contribution in [2.75, 3.05) is 18.6 Å². The molecule has 6 nitrogen and oxygen atoms in total. The van der Waals surface area contributed by atoms with Crippen LogP contribution in [-0.4, -0.2) is 30.5 Å². The van der Waals surface area contributed by atoms with Crippen LogP contribution in [0.15, 0.2) is 71.1 Å². The lowest BCUT2D eigenvalue weighted by Gasteiger charge is -2.16. The average Bonchev–Trinajstić information content (AvgIpc) is 3.38. The monoisotopic (exact) mass is 392 g/mol. The number of ether oxygens (including phenoxy) is 1. The van der Waals surface area contributed by atoms with E-state index in [0.29, 0.717) is 10.8 Å². The molecule has 0 atom stereocenters. The summed E-state index contributed by atoms with van der Waals surface area (Å²) < 4.78 is 11.7. The molecule has 4 aromatic rings. The molecular weight excluding hydrogens is 376 g/mol. The highest BCUT2D eigenvalue weighted by molar-refractivity contribution is 7.21. The van der Waals surface area contributed by atoms with Gasteiger partial charge in [0.2, 0.25) is 5.76 Å². The Balaban J connectivity index is 1.41. The topological polar surface area (TPSA) is 72.6 Å². The van der Waals surface area contributed by atoms with Gasteiger partial charge in [0.1, 0.15) is 0 Å². The Hall–Kier alpha value is -3.45.